The molecule has 0 saturated carbocycles. The number of Topliss-reactive ketones (excluding diaryl/α,β-unsaturated/α-hetero) is 1. The number of hydrogen-bond acceptors (Lipinski definition) is 6. The lowest BCUT2D eigenvalue weighted by molar-refractivity contribution is 0.0874. The summed E-state index contributed by atoms with van der Waals surface area (Å²) in [5, 5.41) is 0. The first-order valence-corrected chi connectivity index (χ1v) is 9.99. The Kier molecular flexibility index (Phi) is 4.04. The molecule has 2 aromatic rings. The highest BCUT2D eigenvalue weighted by molar-refractivity contribution is 7.89. The monoisotopic (exact) mass is 372 g/mol. The molecule has 0 spiro atoms. The number of benzene rings is 1. The topological polar surface area (TPSA) is 83.5 Å². The van der Waals surface area contributed by atoms with Gasteiger partial charge in [0.05, 0.1) is 4.90 Å². The van der Waals surface area contributed by atoms with Crippen molar-refractivity contribution in [3.8, 4) is 0 Å². The Morgan fingerprint density at radius 2 is 1.77 bits per heavy atom. The van der Waals surface area contributed by atoms with Crippen LogP contribution >= 0.6 is 0 Å². The SMILES string of the molecule is CC(=O)c1ccc(S(=O)(=O)N2C3CC2CN(c2ccnc(C)n2)C3)cc1. The summed E-state index contributed by atoms with van der Waals surface area (Å²) in [6.45, 7) is 4.55. The van der Waals surface area contributed by atoms with Crippen LogP contribution in [-0.2, 0) is 10.0 Å². The number of carbonyl (C=O) groups excluding carboxylic acids is 1. The van der Waals surface area contributed by atoms with Gasteiger partial charge in [0, 0.05) is 36.9 Å². The van der Waals surface area contributed by atoms with Gasteiger partial charge in [0.1, 0.15) is 11.6 Å². The number of fused-ring (bicyclic) bond motifs is 2. The van der Waals surface area contributed by atoms with Crippen LogP contribution in [0.15, 0.2) is 41.4 Å². The molecule has 0 amide bonds. The van der Waals surface area contributed by atoms with E-state index in [0.29, 0.717) is 24.5 Å². The Morgan fingerprint density at radius 3 is 2.35 bits per heavy atom. The van der Waals surface area contributed by atoms with Crippen LogP contribution in [0.5, 0.6) is 0 Å². The Bertz CT molecular complexity index is 947. The quantitative estimate of drug-likeness (QED) is 0.759. The minimum absolute atomic E-state index is 0.0542. The number of carbonyl (C=O) groups is 1. The van der Waals surface area contributed by atoms with E-state index in [2.05, 4.69) is 14.9 Å². The zero-order chi connectivity index (χ0) is 18.5. The lowest BCUT2D eigenvalue weighted by atomic mass is 9.91. The molecule has 2 unspecified atom stereocenters. The number of aromatic nitrogens is 2. The van der Waals surface area contributed by atoms with Crippen LogP contribution in [-0.4, -0.2) is 53.6 Å². The smallest absolute Gasteiger partial charge is 0.243 e. The number of piperazine rings is 1. The van der Waals surface area contributed by atoms with Crippen LogP contribution in [0.3, 0.4) is 0 Å². The van der Waals surface area contributed by atoms with Gasteiger partial charge >= 0.3 is 0 Å². The molecule has 0 radical (unpaired) electrons. The number of rotatable bonds is 4. The average molecular weight is 372 g/mol. The molecule has 5 rings (SSSR count). The van der Waals surface area contributed by atoms with Gasteiger partial charge in [0.25, 0.3) is 0 Å². The minimum atomic E-state index is -3.56. The van der Waals surface area contributed by atoms with E-state index >= 15 is 0 Å². The molecule has 1 aromatic heterocycles. The zero-order valence-electron chi connectivity index (χ0n) is 14.7. The molecule has 7 nitrogen and oxygen atoms in total. The Hall–Kier alpha value is -2.32. The maximum Gasteiger partial charge on any atom is 0.243 e. The van der Waals surface area contributed by atoms with Crippen molar-refractivity contribution in [2.45, 2.75) is 37.2 Å². The van der Waals surface area contributed by atoms with Gasteiger partial charge in [-0.1, -0.05) is 12.1 Å². The van der Waals surface area contributed by atoms with Gasteiger partial charge in [-0.05, 0) is 38.5 Å². The Morgan fingerprint density at radius 1 is 1.12 bits per heavy atom. The highest BCUT2D eigenvalue weighted by Crippen LogP contribution is 2.38. The van der Waals surface area contributed by atoms with Crippen LogP contribution in [0, 0.1) is 6.92 Å². The van der Waals surface area contributed by atoms with Gasteiger partial charge in [0.15, 0.2) is 5.78 Å². The van der Waals surface area contributed by atoms with E-state index in [1.165, 1.54) is 19.1 Å². The average Bonchev–Trinajstić information content (AvgIpc) is 2.61. The molecule has 8 heteroatoms. The number of nitrogens with zero attached hydrogens (tertiary/aromatic N) is 4. The molecule has 3 saturated heterocycles. The van der Waals surface area contributed by atoms with Crippen molar-refractivity contribution in [3.63, 3.8) is 0 Å². The highest BCUT2D eigenvalue weighted by atomic mass is 32.2. The van der Waals surface area contributed by atoms with E-state index in [9.17, 15) is 13.2 Å². The largest absolute Gasteiger partial charge is 0.353 e. The number of aryl methyl sites for hydroxylation is 1. The maximum atomic E-state index is 13.0. The summed E-state index contributed by atoms with van der Waals surface area (Å²) >= 11 is 0. The Labute approximate surface area is 152 Å². The van der Waals surface area contributed by atoms with Crippen LogP contribution < -0.4 is 4.90 Å². The second kappa shape index (κ2) is 6.14. The molecular formula is C18H20N4O3S. The minimum Gasteiger partial charge on any atom is -0.353 e. The molecule has 4 heterocycles. The summed E-state index contributed by atoms with van der Waals surface area (Å²) in [4.78, 5) is 22.3. The Balaban J connectivity index is 1.54. The number of hydrogen-bond donors (Lipinski definition) is 0. The summed E-state index contributed by atoms with van der Waals surface area (Å²) in [6.07, 6.45) is 2.59. The fourth-order valence-corrected chi connectivity index (χ4v) is 5.57. The summed E-state index contributed by atoms with van der Waals surface area (Å²) in [6, 6.07) is 7.93. The molecule has 2 bridgehead atoms. The molecule has 3 aliphatic rings. The lowest BCUT2D eigenvalue weighted by Crippen LogP contribution is -2.70. The molecule has 1 aromatic carbocycles. The van der Waals surface area contributed by atoms with Crippen molar-refractivity contribution in [2.75, 3.05) is 18.0 Å². The van der Waals surface area contributed by atoms with Gasteiger partial charge < -0.3 is 4.90 Å². The van der Waals surface area contributed by atoms with Crippen LogP contribution in [0.2, 0.25) is 0 Å². The number of sulfonamides is 1. The first kappa shape index (κ1) is 17.1. The van der Waals surface area contributed by atoms with Crippen LogP contribution in [0.1, 0.15) is 29.5 Å². The van der Waals surface area contributed by atoms with Gasteiger partial charge in [-0.15, -0.1) is 0 Å². The summed E-state index contributed by atoms with van der Waals surface area (Å²) in [5.74, 6) is 1.47. The molecular weight excluding hydrogens is 352 g/mol. The van der Waals surface area contributed by atoms with Crippen molar-refractivity contribution in [1.82, 2.24) is 14.3 Å². The third-order valence-corrected chi connectivity index (χ3v) is 7.07. The van der Waals surface area contributed by atoms with Crippen molar-refractivity contribution in [3.05, 3.63) is 47.9 Å². The van der Waals surface area contributed by atoms with Gasteiger partial charge in [-0.2, -0.15) is 4.31 Å². The van der Waals surface area contributed by atoms with Crippen molar-refractivity contribution < 1.29 is 13.2 Å². The summed E-state index contributed by atoms with van der Waals surface area (Å²) in [5.41, 5.74) is 0.512. The van der Waals surface area contributed by atoms with Gasteiger partial charge in [-0.3, -0.25) is 4.79 Å². The first-order valence-electron chi connectivity index (χ1n) is 8.55. The second-order valence-corrected chi connectivity index (χ2v) is 8.67. The summed E-state index contributed by atoms with van der Waals surface area (Å²) < 4.78 is 27.6. The molecule has 26 heavy (non-hydrogen) atoms. The van der Waals surface area contributed by atoms with Gasteiger partial charge in [0.2, 0.25) is 10.0 Å². The second-order valence-electron chi connectivity index (χ2n) is 6.83. The highest BCUT2D eigenvalue weighted by Gasteiger charge is 2.51. The molecule has 0 N–H and O–H groups in total. The third kappa shape index (κ3) is 2.79. The molecule has 136 valence electrons. The predicted molar refractivity (Wildman–Crippen MR) is 96.6 cm³/mol. The van der Waals surface area contributed by atoms with E-state index in [1.807, 2.05) is 13.0 Å². The normalized spacial score (nSPS) is 22.8. The molecule has 3 fully saturated rings. The fraction of sp³-hybridized carbons (Fsp3) is 0.389. The number of piperidine rings is 1. The van der Waals surface area contributed by atoms with E-state index in [4.69, 9.17) is 0 Å². The third-order valence-electron chi connectivity index (χ3n) is 5.05. The van der Waals surface area contributed by atoms with E-state index < -0.39 is 10.0 Å². The fourth-order valence-electron chi connectivity index (χ4n) is 3.76. The van der Waals surface area contributed by atoms with Crippen LogP contribution in [0.25, 0.3) is 0 Å². The number of anilines is 1. The molecule has 3 aliphatic heterocycles. The lowest BCUT2D eigenvalue weighted by Gasteiger charge is -2.55. The van der Waals surface area contributed by atoms with E-state index in [-0.39, 0.29) is 22.8 Å². The standard InChI is InChI=1S/C18H20N4O3S/c1-12(23)14-3-5-17(6-4-14)26(24,25)22-15-9-16(22)11-21(10-15)18-7-8-19-13(2)20-18/h3-8,15-16H,9-11H2,1-2H3. The number of ketones is 1. The van der Waals surface area contributed by atoms with Crippen molar-refractivity contribution >= 4 is 21.6 Å². The first-order chi connectivity index (χ1) is 12.4. The predicted octanol–water partition coefficient (Wildman–Crippen LogP) is 1.64. The van der Waals surface area contributed by atoms with Crippen LogP contribution in [0.4, 0.5) is 5.82 Å². The zero-order valence-corrected chi connectivity index (χ0v) is 15.5. The molecule has 2 atom stereocenters. The maximum absolute atomic E-state index is 13.0. The van der Waals surface area contributed by atoms with E-state index in [1.54, 1.807) is 22.6 Å². The van der Waals surface area contributed by atoms with E-state index in [0.717, 1.165) is 12.2 Å². The molecule has 0 aliphatic carbocycles. The van der Waals surface area contributed by atoms with Gasteiger partial charge in [-0.25, -0.2) is 18.4 Å². The van der Waals surface area contributed by atoms with Crippen molar-refractivity contribution in [1.29, 1.82) is 0 Å². The summed E-state index contributed by atoms with van der Waals surface area (Å²) in [7, 11) is -3.56. The van der Waals surface area contributed by atoms with Crippen molar-refractivity contribution in [2.24, 2.45) is 0 Å².